The standard InChI is InChI=1S/C14H16N2O/c15-13-5-1-3-11(7-13)9-17-10-12-4-2-6-14(16)8-12/h1-8H,9-10,15-16H2. The van der Waals surface area contributed by atoms with Crippen molar-refractivity contribution < 1.29 is 4.74 Å². The largest absolute Gasteiger partial charge is 0.399 e. The molecule has 0 aliphatic carbocycles. The van der Waals surface area contributed by atoms with E-state index in [0.29, 0.717) is 13.2 Å². The van der Waals surface area contributed by atoms with Crippen molar-refractivity contribution in [3.05, 3.63) is 59.7 Å². The fraction of sp³-hybridized carbons (Fsp3) is 0.143. The molecular weight excluding hydrogens is 212 g/mol. The van der Waals surface area contributed by atoms with Gasteiger partial charge in [-0.15, -0.1) is 0 Å². The van der Waals surface area contributed by atoms with Crippen molar-refractivity contribution in [1.29, 1.82) is 0 Å². The minimum absolute atomic E-state index is 0.555. The normalized spacial score (nSPS) is 10.4. The fourth-order valence-corrected chi connectivity index (χ4v) is 1.65. The van der Waals surface area contributed by atoms with Gasteiger partial charge in [0, 0.05) is 11.4 Å². The molecule has 0 atom stereocenters. The first-order valence-electron chi connectivity index (χ1n) is 5.50. The molecule has 2 aromatic carbocycles. The second kappa shape index (κ2) is 5.37. The molecule has 0 fully saturated rings. The third-order valence-corrected chi connectivity index (χ3v) is 2.44. The third kappa shape index (κ3) is 3.50. The predicted molar refractivity (Wildman–Crippen MR) is 70.2 cm³/mol. The van der Waals surface area contributed by atoms with E-state index < -0.39 is 0 Å². The van der Waals surface area contributed by atoms with Crippen molar-refractivity contribution in [1.82, 2.24) is 0 Å². The van der Waals surface area contributed by atoms with E-state index in [1.165, 1.54) is 0 Å². The third-order valence-electron chi connectivity index (χ3n) is 2.44. The highest BCUT2D eigenvalue weighted by molar-refractivity contribution is 5.41. The second-order valence-electron chi connectivity index (χ2n) is 3.98. The minimum Gasteiger partial charge on any atom is -0.399 e. The molecule has 3 nitrogen and oxygen atoms in total. The summed E-state index contributed by atoms with van der Waals surface area (Å²) in [5.41, 5.74) is 15.1. The van der Waals surface area contributed by atoms with Gasteiger partial charge in [0.25, 0.3) is 0 Å². The smallest absolute Gasteiger partial charge is 0.0722 e. The predicted octanol–water partition coefficient (Wildman–Crippen LogP) is 2.57. The molecule has 2 rings (SSSR count). The zero-order chi connectivity index (χ0) is 12.1. The Morgan fingerprint density at radius 1 is 0.765 bits per heavy atom. The van der Waals surface area contributed by atoms with Gasteiger partial charge in [0.15, 0.2) is 0 Å². The van der Waals surface area contributed by atoms with Crippen LogP contribution >= 0.6 is 0 Å². The van der Waals surface area contributed by atoms with Gasteiger partial charge in [-0.1, -0.05) is 24.3 Å². The summed E-state index contributed by atoms with van der Waals surface area (Å²) in [4.78, 5) is 0. The molecule has 3 heteroatoms. The van der Waals surface area contributed by atoms with Crippen LogP contribution in [0.25, 0.3) is 0 Å². The van der Waals surface area contributed by atoms with E-state index in [2.05, 4.69) is 0 Å². The van der Waals surface area contributed by atoms with Gasteiger partial charge in [-0.3, -0.25) is 0 Å². The molecule has 0 aliphatic heterocycles. The number of nitrogen functional groups attached to an aromatic ring is 2. The van der Waals surface area contributed by atoms with Crippen molar-refractivity contribution in [3.8, 4) is 0 Å². The van der Waals surface area contributed by atoms with Crippen LogP contribution in [0.5, 0.6) is 0 Å². The Hall–Kier alpha value is -2.00. The van der Waals surface area contributed by atoms with Crippen molar-refractivity contribution in [2.75, 3.05) is 11.5 Å². The number of anilines is 2. The summed E-state index contributed by atoms with van der Waals surface area (Å²) < 4.78 is 5.60. The van der Waals surface area contributed by atoms with Gasteiger partial charge in [-0.25, -0.2) is 0 Å². The number of hydrogen-bond donors (Lipinski definition) is 2. The van der Waals surface area contributed by atoms with Crippen LogP contribution in [0.1, 0.15) is 11.1 Å². The van der Waals surface area contributed by atoms with Gasteiger partial charge >= 0.3 is 0 Å². The fourth-order valence-electron chi connectivity index (χ4n) is 1.65. The monoisotopic (exact) mass is 228 g/mol. The van der Waals surface area contributed by atoms with Gasteiger partial charge in [0.1, 0.15) is 0 Å². The van der Waals surface area contributed by atoms with Crippen LogP contribution in [0, 0.1) is 0 Å². The highest BCUT2D eigenvalue weighted by Crippen LogP contribution is 2.11. The molecule has 0 saturated carbocycles. The molecule has 88 valence electrons. The Morgan fingerprint density at radius 2 is 1.24 bits per heavy atom. The van der Waals surface area contributed by atoms with Gasteiger partial charge in [0.2, 0.25) is 0 Å². The zero-order valence-corrected chi connectivity index (χ0v) is 9.60. The molecule has 0 radical (unpaired) electrons. The van der Waals surface area contributed by atoms with E-state index in [4.69, 9.17) is 16.2 Å². The van der Waals surface area contributed by atoms with E-state index >= 15 is 0 Å². The molecule has 0 unspecified atom stereocenters. The van der Waals surface area contributed by atoms with E-state index in [-0.39, 0.29) is 0 Å². The van der Waals surface area contributed by atoms with Crippen molar-refractivity contribution in [2.45, 2.75) is 13.2 Å². The highest BCUT2D eigenvalue weighted by atomic mass is 16.5. The van der Waals surface area contributed by atoms with E-state index in [9.17, 15) is 0 Å². The van der Waals surface area contributed by atoms with E-state index in [1.54, 1.807) is 0 Å². The molecule has 0 bridgehead atoms. The Kier molecular flexibility index (Phi) is 3.62. The number of nitrogens with two attached hydrogens (primary N) is 2. The first-order chi connectivity index (χ1) is 8.24. The minimum atomic E-state index is 0.555. The molecule has 0 aliphatic rings. The molecule has 4 N–H and O–H groups in total. The molecule has 0 aromatic heterocycles. The maximum absolute atomic E-state index is 5.69. The lowest BCUT2D eigenvalue weighted by Gasteiger charge is -2.06. The van der Waals surface area contributed by atoms with Gasteiger partial charge < -0.3 is 16.2 Å². The Labute approximate surface area is 101 Å². The number of rotatable bonds is 4. The van der Waals surface area contributed by atoms with Crippen LogP contribution in [-0.4, -0.2) is 0 Å². The quantitative estimate of drug-likeness (QED) is 0.790. The van der Waals surface area contributed by atoms with E-state index in [1.807, 2.05) is 48.5 Å². The van der Waals surface area contributed by atoms with Gasteiger partial charge in [-0.05, 0) is 35.4 Å². The molecule has 17 heavy (non-hydrogen) atoms. The van der Waals surface area contributed by atoms with Crippen molar-refractivity contribution in [2.24, 2.45) is 0 Å². The van der Waals surface area contributed by atoms with Crippen molar-refractivity contribution >= 4 is 11.4 Å². The summed E-state index contributed by atoms with van der Waals surface area (Å²) in [5, 5.41) is 0. The lowest BCUT2D eigenvalue weighted by molar-refractivity contribution is 0.107. The average molecular weight is 228 g/mol. The summed E-state index contributed by atoms with van der Waals surface area (Å²) in [6, 6.07) is 15.4. The lowest BCUT2D eigenvalue weighted by atomic mass is 10.2. The van der Waals surface area contributed by atoms with Crippen molar-refractivity contribution in [3.63, 3.8) is 0 Å². The summed E-state index contributed by atoms with van der Waals surface area (Å²) in [6.45, 7) is 1.11. The van der Waals surface area contributed by atoms with Gasteiger partial charge in [0.05, 0.1) is 13.2 Å². The topological polar surface area (TPSA) is 61.3 Å². The lowest BCUT2D eigenvalue weighted by Crippen LogP contribution is -1.96. The summed E-state index contributed by atoms with van der Waals surface area (Å²) >= 11 is 0. The first-order valence-corrected chi connectivity index (χ1v) is 5.50. The second-order valence-corrected chi connectivity index (χ2v) is 3.98. The Morgan fingerprint density at radius 3 is 1.65 bits per heavy atom. The summed E-state index contributed by atoms with van der Waals surface area (Å²) in [5.74, 6) is 0. The average Bonchev–Trinajstić information content (AvgIpc) is 2.29. The number of ether oxygens (including phenoxy) is 1. The summed E-state index contributed by atoms with van der Waals surface area (Å²) in [6.07, 6.45) is 0. The zero-order valence-electron chi connectivity index (χ0n) is 9.60. The molecule has 2 aromatic rings. The number of benzene rings is 2. The molecular formula is C14H16N2O. The van der Waals surface area contributed by atoms with Gasteiger partial charge in [-0.2, -0.15) is 0 Å². The van der Waals surface area contributed by atoms with Crippen LogP contribution in [0.3, 0.4) is 0 Å². The van der Waals surface area contributed by atoms with E-state index in [0.717, 1.165) is 22.5 Å². The maximum Gasteiger partial charge on any atom is 0.0722 e. The molecule has 0 saturated heterocycles. The highest BCUT2D eigenvalue weighted by Gasteiger charge is 1.96. The molecule has 0 amide bonds. The van der Waals surface area contributed by atoms with Crippen LogP contribution < -0.4 is 11.5 Å². The SMILES string of the molecule is Nc1cccc(COCc2cccc(N)c2)c1. The summed E-state index contributed by atoms with van der Waals surface area (Å²) in [7, 11) is 0. The number of hydrogen-bond acceptors (Lipinski definition) is 3. The van der Waals surface area contributed by atoms with Crippen LogP contribution in [0.15, 0.2) is 48.5 Å². The van der Waals surface area contributed by atoms with Crippen LogP contribution in [-0.2, 0) is 18.0 Å². The first kappa shape index (κ1) is 11.5. The van der Waals surface area contributed by atoms with Crippen LogP contribution in [0.4, 0.5) is 11.4 Å². The maximum atomic E-state index is 5.69. The van der Waals surface area contributed by atoms with Crippen LogP contribution in [0.2, 0.25) is 0 Å². The Balaban J connectivity index is 1.87. The molecule has 0 spiro atoms. The Bertz CT molecular complexity index is 452. The molecule has 0 heterocycles.